The van der Waals surface area contributed by atoms with E-state index in [4.69, 9.17) is 4.84 Å². The molecule has 0 radical (unpaired) electrons. The summed E-state index contributed by atoms with van der Waals surface area (Å²) in [5.74, 6) is 1.00. The largest absolute Gasteiger partial charge is 0.280 e. The van der Waals surface area contributed by atoms with Gasteiger partial charge >= 0.3 is 0 Å². The maximum Gasteiger partial charge on any atom is 0.0636 e. The van der Waals surface area contributed by atoms with E-state index < -0.39 is 0 Å². The molecule has 1 N–H and O–H groups in total. The molecule has 0 aromatic heterocycles. The summed E-state index contributed by atoms with van der Waals surface area (Å²) in [6, 6.07) is 19.0. The van der Waals surface area contributed by atoms with Gasteiger partial charge in [-0.05, 0) is 29.3 Å². The molecule has 0 fully saturated rings. The average molecular weight is 271 g/mol. The minimum atomic E-state index is 1.00. The molecule has 0 aliphatic carbocycles. The molecular formula is C16H17NOS. The molecule has 0 heterocycles. The van der Waals surface area contributed by atoms with Gasteiger partial charge in [-0.3, -0.25) is 10.3 Å². The van der Waals surface area contributed by atoms with Gasteiger partial charge < -0.3 is 0 Å². The van der Waals surface area contributed by atoms with Gasteiger partial charge in [-0.1, -0.05) is 42.5 Å². The molecule has 2 aromatic carbocycles. The second-order valence-electron chi connectivity index (χ2n) is 4.00. The number of thioether (sulfide) groups is 1. The third kappa shape index (κ3) is 4.81. The summed E-state index contributed by atoms with van der Waals surface area (Å²) in [6.07, 6.45) is 3.74. The highest BCUT2D eigenvalue weighted by molar-refractivity contribution is 7.98. The smallest absolute Gasteiger partial charge is 0.0636 e. The number of nitrogens with one attached hydrogen (secondary N) is 1. The Labute approximate surface area is 118 Å². The summed E-state index contributed by atoms with van der Waals surface area (Å²) < 4.78 is 0. The van der Waals surface area contributed by atoms with E-state index in [0.717, 1.165) is 11.3 Å². The molecule has 98 valence electrons. The Kier molecular flexibility index (Phi) is 5.53. The molecule has 2 rings (SSSR count). The molecule has 0 spiro atoms. The zero-order valence-corrected chi connectivity index (χ0v) is 11.7. The van der Waals surface area contributed by atoms with Crippen molar-refractivity contribution >= 4 is 17.8 Å². The summed E-state index contributed by atoms with van der Waals surface area (Å²) in [5.41, 5.74) is 5.17. The van der Waals surface area contributed by atoms with Crippen LogP contribution in [0.4, 0.5) is 0 Å². The fraction of sp³-hybridized carbons (Fsp3) is 0.125. The van der Waals surface area contributed by atoms with Crippen molar-refractivity contribution in [3.05, 3.63) is 71.9 Å². The molecule has 3 heteroatoms. The lowest BCUT2D eigenvalue weighted by Crippen LogP contribution is -1.99. The van der Waals surface area contributed by atoms with E-state index in [0.29, 0.717) is 0 Å². The van der Waals surface area contributed by atoms with Crippen LogP contribution in [0.2, 0.25) is 0 Å². The van der Waals surface area contributed by atoms with Crippen LogP contribution in [0.5, 0.6) is 0 Å². The van der Waals surface area contributed by atoms with Crippen LogP contribution in [0.25, 0.3) is 6.08 Å². The van der Waals surface area contributed by atoms with Crippen molar-refractivity contribution in [3.63, 3.8) is 0 Å². The van der Waals surface area contributed by atoms with Crippen LogP contribution in [0.1, 0.15) is 11.1 Å². The predicted octanol–water partition coefficient (Wildman–Crippen LogP) is 4.10. The van der Waals surface area contributed by atoms with Gasteiger partial charge in [0.25, 0.3) is 0 Å². The van der Waals surface area contributed by atoms with Crippen LogP contribution in [0.15, 0.2) is 65.7 Å². The van der Waals surface area contributed by atoms with E-state index in [1.807, 2.05) is 23.9 Å². The first-order chi connectivity index (χ1) is 9.38. The monoisotopic (exact) mass is 271 g/mol. The number of rotatable bonds is 6. The molecule has 0 saturated heterocycles. The summed E-state index contributed by atoms with van der Waals surface area (Å²) in [5, 5.41) is 0. The SMILES string of the molecule is CON/C=C/c1ccc(SCc2ccccc2)cc1. The third-order valence-corrected chi connectivity index (χ3v) is 3.67. The maximum atomic E-state index is 4.73. The van der Waals surface area contributed by atoms with Crippen LogP contribution in [-0.4, -0.2) is 7.11 Å². The first-order valence-corrected chi connectivity index (χ1v) is 7.09. The standard InChI is InChI=1S/C16H17NOS/c1-18-17-12-11-14-7-9-16(10-8-14)19-13-15-5-3-2-4-6-15/h2-12,17H,13H2,1H3/b12-11+. The van der Waals surface area contributed by atoms with Gasteiger partial charge in [0.15, 0.2) is 0 Å². The van der Waals surface area contributed by atoms with Crippen molar-refractivity contribution in [1.29, 1.82) is 0 Å². The molecule has 0 amide bonds. The van der Waals surface area contributed by atoms with Gasteiger partial charge in [0.2, 0.25) is 0 Å². The summed E-state index contributed by atoms with van der Waals surface area (Å²) in [4.78, 5) is 6.01. The first-order valence-electron chi connectivity index (χ1n) is 6.10. The van der Waals surface area contributed by atoms with Crippen molar-refractivity contribution in [3.8, 4) is 0 Å². The average Bonchev–Trinajstić information content (AvgIpc) is 2.48. The Bertz CT molecular complexity index is 508. The Hall–Kier alpha value is -1.71. The van der Waals surface area contributed by atoms with Crippen LogP contribution in [0.3, 0.4) is 0 Å². The Morgan fingerprint density at radius 1 is 1.05 bits per heavy atom. The summed E-state index contributed by atoms with van der Waals surface area (Å²) in [6.45, 7) is 0. The topological polar surface area (TPSA) is 21.3 Å². The van der Waals surface area contributed by atoms with Gasteiger partial charge in [-0.25, -0.2) is 0 Å². The number of hydrogen-bond acceptors (Lipinski definition) is 3. The van der Waals surface area contributed by atoms with Gasteiger partial charge in [0.05, 0.1) is 7.11 Å². The highest BCUT2D eigenvalue weighted by atomic mass is 32.2. The molecule has 0 atom stereocenters. The highest BCUT2D eigenvalue weighted by Crippen LogP contribution is 2.23. The molecule has 0 aliphatic rings. The van der Waals surface area contributed by atoms with E-state index in [-0.39, 0.29) is 0 Å². The van der Waals surface area contributed by atoms with Crippen LogP contribution in [0, 0.1) is 0 Å². The van der Waals surface area contributed by atoms with Gasteiger partial charge in [0, 0.05) is 16.8 Å². The highest BCUT2D eigenvalue weighted by Gasteiger charge is 1.95. The zero-order valence-electron chi connectivity index (χ0n) is 10.9. The minimum absolute atomic E-state index is 1.00. The third-order valence-electron chi connectivity index (χ3n) is 2.59. The second-order valence-corrected chi connectivity index (χ2v) is 5.05. The lowest BCUT2D eigenvalue weighted by molar-refractivity contribution is 0.129. The van der Waals surface area contributed by atoms with E-state index in [9.17, 15) is 0 Å². The first kappa shape index (κ1) is 13.7. The van der Waals surface area contributed by atoms with E-state index >= 15 is 0 Å². The van der Waals surface area contributed by atoms with E-state index in [1.165, 1.54) is 10.5 Å². The van der Waals surface area contributed by atoms with Crippen LogP contribution in [-0.2, 0) is 10.6 Å². The van der Waals surface area contributed by atoms with Crippen molar-refractivity contribution in [2.75, 3.05) is 7.11 Å². The second kappa shape index (κ2) is 7.67. The normalized spacial score (nSPS) is 10.8. The Morgan fingerprint density at radius 3 is 2.47 bits per heavy atom. The summed E-state index contributed by atoms with van der Waals surface area (Å²) in [7, 11) is 1.59. The molecule has 0 saturated carbocycles. The number of hydrogen-bond donors (Lipinski definition) is 1. The fourth-order valence-corrected chi connectivity index (χ4v) is 2.47. The molecule has 0 aliphatic heterocycles. The van der Waals surface area contributed by atoms with Gasteiger partial charge in [0.1, 0.15) is 0 Å². The summed E-state index contributed by atoms with van der Waals surface area (Å²) >= 11 is 1.85. The molecule has 19 heavy (non-hydrogen) atoms. The predicted molar refractivity (Wildman–Crippen MR) is 81.6 cm³/mol. The van der Waals surface area contributed by atoms with E-state index in [1.54, 1.807) is 13.3 Å². The van der Waals surface area contributed by atoms with Crippen molar-refractivity contribution < 1.29 is 4.84 Å². The van der Waals surface area contributed by atoms with Crippen molar-refractivity contribution in [2.45, 2.75) is 10.6 Å². The number of hydroxylamine groups is 1. The molecular weight excluding hydrogens is 254 g/mol. The molecule has 2 aromatic rings. The lowest BCUT2D eigenvalue weighted by Gasteiger charge is -2.02. The van der Waals surface area contributed by atoms with Crippen LogP contribution < -0.4 is 5.48 Å². The molecule has 0 unspecified atom stereocenters. The fourth-order valence-electron chi connectivity index (χ4n) is 1.61. The quantitative estimate of drug-likeness (QED) is 0.631. The number of benzene rings is 2. The zero-order chi connectivity index (χ0) is 13.3. The van der Waals surface area contributed by atoms with Crippen molar-refractivity contribution in [1.82, 2.24) is 5.48 Å². The van der Waals surface area contributed by atoms with Gasteiger partial charge in [-0.15, -0.1) is 11.8 Å². The van der Waals surface area contributed by atoms with Crippen molar-refractivity contribution in [2.24, 2.45) is 0 Å². The molecule has 2 nitrogen and oxygen atoms in total. The maximum absolute atomic E-state index is 4.73. The van der Waals surface area contributed by atoms with E-state index in [2.05, 4.69) is 54.0 Å². The van der Waals surface area contributed by atoms with Gasteiger partial charge in [-0.2, -0.15) is 0 Å². The molecule has 0 bridgehead atoms. The minimum Gasteiger partial charge on any atom is -0.280 e. The Balaban J connectivity index is 1.88. The van der Waals surface area contributed by atoms with Crippen LogP contribution >= 0.6 is 11.8 Å². The lowest BCUT2D eigenvalue weighted by atomic mass is 10.2. The Morgan fingerprint density at radius 2 is 1.79 bits per heavy atom.